The van der Waals surface area contributed by atoms with Crippen molar-refractivity contribution in [3.63, 3.8) is 0 Å². The van der Waals surface area contributed by atoms with Crippen LogP contribution in [-0.4, -0.2) is 48.3 Å². The van der Waals surface area contributed by atoms with Crippen LogP contribution in [0.3, 0.4) is 0 Å². The van der Waals surface area contributed by atoms with E-state index in [1.165, 1.54) is 71.2 Å². The van der Waals surface area contributed by atoms with E-state index in [2.05, 4.69) is 15.1 Å². The minimum absolute atomic E-state index is 0.289. The number of hydrogen-bond donors (Lipinski definition) is 1. The van der Waals surface area contributed by atoms with Gasteiger partial charge in [0.1, 0.15) is 5.79 Å². The molecule has 0 spiro atoms. The van der Waals surface area contributed by atoms with Gasteiger partial charge in [-0.25, -0.2) is 0 Å². The molecule has 15 heavy (non-hydrogen) atoms. The molecule has 0 aromatic heterocycles. The average Bonchev–Trinajstić information content (AvgIpc) is 2.72. The Balaban J connectivity index is 1.72. The first-order valence-electron chi connectivity index (χ1n) is 6.67. The molecular formula is C12H23N3. The van der Waals surface area contributed by atoms with Crippen molar-refractivity contribution in [2.75, 3.05) is 32.7 Å². The van der Waals surface area contributed by atoms with E-state index in [1.807, 2.05) is 0 Å². The molecule has 0 saturated carbocycles. The lowest BCUT2D eigenvalue weighted by atomic mass is 10.00. The Kier molecular flexibility index (Phi) is 2.71. The van der Waals surface area contributed by atoms with Crippen LogP contribution in [0.15, 0.2) is 0 Å². The van der Waals surface area contributed by atoms with E-state index in [1.54, 1.807) is 0 Å². The van der Waals surface area contributed by atoms with Gasteiger partial charge in [-0.05, 0) is 25.7 Å². The highest BCUT2D eigenvalue weighted by Gasteiger charge is 2.47. The van der Waals surface area contributed by atoms with Gasteiger partial charge in [-0.3, -0.25) is 15.1 Å². The molecule has 0 bridgehead atoms. The zero-order valence-corrected chi connectivity index (χ0v) is 9.67. The molecule has 86 valence electrons. The minimum Gasteiger partial charge on any atom is -0.286 e. The van der Waals surface area contributed by atoms with Gasteiger partial charge in [0.25, 0.3) is 0 Å². The number of nitrogens with zero attached hydrogens (tertiary/aromatic N) is 2. The van der Waals surface area contributed by atoms with Gasteiger partial charge < -0.3 is 0 Å². The predicted molar refractivity (Wildman–Crippen MR) is 61.6 cm³/mol. The molecular weight excluding hydrogens is 186 g/mol. The van der Waals surface area contributed by atoms with Crippen LogP contribution < -0.4 is 5.32 Å². The molecule has 3 aliphatic rings. The Labute approximate surface area is 92.8 Å². The van der Waals surface area contributed by atoms with Gasteiger partial charge in [0.2, 0.25) is 0 Å². The second kappa shape index (κ2) is 4.04. The van der Waals surface area contributed by atoms with Crippen LogP contribution in [0.1, 0.15) is 38.5 Å². The summed E-state index contributed by atoms with van der Waals surface area (Å²) >= 11 is 0. The highest BCUT2D eigenvalue weighted by Crippen LogP contribution is 2.33. The van der Waals surface area contributed by atoms with Gasteiger partial charge in [-0.1, -0.05) is 6.42 Å². The maximum Gasteiger partial charge on any atom is 0.129 e. The van der Waals surface area contributed by atoms with Crippen molar-refractivity contribution in [2.45, 2.75) is 44.3 Å². The van der Waals surface area contributed by atoms with E-state index in [0.29, 0.717) is 0 Å². The third-order valence-electron chi connectivity index (χ3n) is 4.39. The zero-order valence-electron chi connectivity index (χ0n) is 9.67. The molecule has 1 atom stereocenters. The number of likely N-dealkylation sites (tertiary alicyclic amines) is 2. The monoisotopic (exact) mass is 209 g/mol. The second-order valence-corrected chi connectivity index (χ2v) is 5.24. The third kappa shape index (κ3) is 1.61. The zero-order chi connectivity index (χ0) is 10.1. The molecule has 3 rings (SSSR count). The largest absolute Gasteiger partial charge is 0.286 e. The fourth-order valence-corrected chi connectivity index (χ4v) is 3.44. The van der Waals surface area contributed by atoms with Crippen molar-refractivity contribution in [1.82, 2.24) is 15.1 Å². The fourth-order valence-electron chi connectivity index (χ4n) is 3.44. The van der Waals surface area contributed by atoms with Gasteiger partial charge in [0.15, 0.2) is 0 Å². The molecule has 0 aromatic carbocycles. The number of piperidine rings is 1. The molecule has 0 amide bonds. The van der Waals surface area contributed by atoms with E-state index in [9.17, 15) is 0 Å². The van der Waals surface area contributed by atoms with Crippen LogP contribution >= 0.6 is 0 Å². The molecule has 1 N–H and O–H groups in total. The highest BCUT2D eigenvalue weighted by molar-refractivity contribution is 4.98. The quantitative estimate of drug-likeness (QED) is 0.737. The van der Waals surface area contributed by atoms with Gasteiger partial charge in [-0.15, -0.1) is 0 Å². The first kappa shape index (κ1) is 10.1. The van der Waals surface area contributed by atoms with Crippen molar-refractivity contribution in [1.29, 1.82) is 0 Å². The summed E-state index contributed by atoms with van der Waals surface area (Å²) in [5.74, 6) is 0.289. The van der Waals surface area contributed by atoms with E-state index in [-0.39, 0.29) is 5.79 Å². The van der Waals surface area contributed by atoms with E-state index < -0.39 is 0 Å². The van der Waals surface area contributed by atoms with Crippen LogP contribution in [0, 0.1) is 0 Å². The molecule has 0 aromatic rings. The normalized spacial score (nSPS) is 39.2. The van der Waals surface area contributed by atoms with Gasteiger partial charge >= 0.3 is 0 Å². The molecule has 3 fully saturated rings. The standard InChI is InChI=1S/C12H23N3/c1-2-8-14(9-3-1)12(6-7-13-12)15-10-4-5-11-15/h13H,1-11H2. The van der Waals surface area contributed by atoms with Crippen LogP contribution in [0.5, 0.6) is 0 Å². The van der Waals surface area contributed by atoms with E-state index in [0.717, 1.165) is 0 Å². The van der Waals surface area contributed by atoms with Crippen molar-refractivity contribution in [3.8, 4) is 0 Å². The summed E-state index contributed by atoms with van der Waals surface area (Å²) in [6.45, 7) is 6.45. The topological polar surface area (TPSA) is 18.5 Å². The van der Waals surface area contributed by atoms with Crippen LogP contribution in [0.4, 0.5) is 0 Å². The van der Waals surface area contributed by atoms with Gasteiger partial charge in [0, 0.05) is 39.1 Å². The van der Waals surface area contributed by atoms with Crippen LogP contribution in [0.2, 0.25) is 0 Å². The number of rotatable bonds is 2. The lowest BCUT2D eigenvalue weighted by Crippen LogP contribution is -2.75. The Morgan fingerprint density at radius 2 is 1.20 bits per heavy atom. The van der Waals surface area contributed by atoms with Gasteiger partial charge in [-0.2, -0.15) is 0 Å². The summed E-state index contributed by atoms with van der Waals surface area (Å²) < 4.78 is 0. The summed E-state index contributed by atoms with van der Waals surface area (Å²) in [4.78, 5) is 5.41. The lowest BCUT2D eigenvalue weighted by Gasteiger charge is -2.57. The maximum absolute atomic E-state index is 3.72. The molecule has 3 heterocycles. The van der Waals surface area contributed by atoms with Crippen molar-refractivity contribution in [2.24, 2.45) is 0 Å². The van der Waals surface area contributed by atoms with Crippen LogP contribution in [0.25, 0.3) is 0 Å². The summed E-state index contributed by atoms with van der Waals surface area (Å²) in [6.07, 6.45) is 8.38. The first-order chi connectivity index (χ1) is 7.42. The molecule has 1 unspecified atom stereocenters. The first-order valence-corrected chi connectivity index (χ1v) is 6.67. The smallest absolute Gasteiger partial charge is 0.129 e. The van der Waals surface area contributed by atoms with Gasteiger partial charge in [0.05, 0.1) is 0 Å². The number of hydrogen-bond acceptors (Lipinski definition) is 3. The Morgan fingerprint density at radius 1 is 0.733 bits per heavy atom. The second-order valence-electron chi connectivity index (χ2n) is 5.24. The molecule has 0 aliphatic carbocycles. The van der Waals surface area contributed by atoms with Crippen molar-refractivity contribution >= 4 is 0 Å². The average molecular weight is 209 g/mol. The molecule has 3 nitrogen and oxygen atoms in total. The summed E-state index contributed by atoms with van der Waals surface area (Å²) in [7, 11) is 0. The minimum atomic E-state index is 0.289. The summed E-state index contributed by atoms with van der Waals surface area (Å²) in [6, 6.07) is 0. The number of nitrogens with one attached hydrogen (secondary N) is 1. The maximum atomic E-state index is 3.72. The fraction of sp³-hybridized carbons (Fsp3) is 1.00. The summed E-state index contributed by atoms with van der Waals surface area (Å²) in [5.41, 5.74) is 0. The van der Waals surface area contributed by atoms with E-state index >= 15 is 0 Å². The molecule has 3 heteroatoms. The summed E-state index contributed by atoms with van der Waals surface area (Å²) in [5, 5.41) is 3.72. The van der Waals surface area contributed by atoms with Crippen molar-refractivity contribution in [3.05, 3.63) is 0 Å². The Hall–Kier alpha value is -0.120. The SMILES string of the molecule is C1CCN(C2(N3CCCC3)CCN2)CC1. The molecule has 3 saturated heterocycles. The molecule has 0 radical (unpaired) electrons. The van der Waals surface area contributed by atoms with Crippen molar-refractivity contribution < 1.29 is 0 Å². The predicted octanol–water partition coefficient (Wildman–Crippen LogP) is 1.22. The Bertz CT molecular complexity index is 213. The lowest BCUT2D eigenvalue weighted by molar-refractivity contribution is -0.128. The Morgan fingerprint density at radius 3 is 1.60 bits per heavy atom. The highest BCUT2D eigenvalue weighted by atomic mass is 15.5. The third-order valence-corrected chi connectivity index (χ3v) is 4.39. The van der Waals surface area contributed by atoms with Crippen LogP contribution in [-0.2, 0) is 0 Å². The van der Waals surface area contributed by atoms with E-state index in [4.69, 9.17) is 0 Å². The molecule has 3 aliphatic heterocycles.